The van der Waals surface area contributed by atoms with Crippen molar-refractivity contribution in [2.75, 3.05) is 12.3 Å². The molecule has 1 aliphatic carbocycles. The molecule has 0 bridgehead atoms. The number of carbonyl (C=O) groups is 2. The Morgan fingerprint density at radius 2 is 1.94 bits per heavy atom. The van der Waals surface area contributed by atoms with Crippen molar-refractivity contribution in [3.05, 3.63) is 57.7 Å². The normalized spacial score (nSPS) is 22.8. The number of rotatable bonds is 6. The molecular weight excluding hydrogens is 468 g/mol. The van der Waals surface area contributed by atoms with Gasteiger partial charge >= 0.3 is 0 Å². The fourth-order valence-electron chi connectivity index (χ4n) is 5.07. The van der Waals surface area contributed by atoms with E-state index in [0.717, 1.165) is 54.3 Å². The predicted molar refractivity (Wildman–Crippen MR) is 129 cm³/mol. The van der Waals surface area contributed by atoms with Crippen molar-refractivity contribution >= 4 is 33.6 Å². The first-order valence-corrected chi connectivity index (χ1v) is 12.2. The molecule has 1 aromatic heterocycles. The number of nitrogens with two attached hydrogens (primary N) is 1. The van der Waals surface area contributed by atoms with Crippen LogP contribution in [0.25, 0.3) is 0 Å². The number of nitrogens with zero attached hydrogens (tertiary/aromatic N) is 2. The van der Waals surface area contributed by atoms with Gasteiger partial charge in [-0.25, -0.2) is 4.98 Å². The highest BCUT2D eigenvalue weighted by atomic mass is 79.9. The molecule has 170 valence electrons. The Morgan fingerprint density at radius 1 is 1.16 bits per heavy atom. The minimum Gasteiger partial charge on any atom is -0.384 e. The summed E-state index contributed by atoms with van der Waals surface area (Å²) in [5.74, 6) is 1.12. The van der Waals surface area contributed by atoms with E-state index in [2.05, 4.69) is 50.5 Å². The lowest BCUT2D eigenvalue weighted by Crippen LogP contribution is -2.47. The van der Waals surface area contributed by atoms with Gasteiger partial charge in [0.25, 0.3) is 0 Å². The number of halogens is 1. The Hall–Kier alpha value is -2.41. The van der Waals surface area contributed by atoms with Gasteiger partial charge < -0.3 is 16.0 Å². The SMILES string of the molecule is Cc1nc(N)ccc1CNC(=O)[C@@H]1CCCN1C(=O)[C@@H]1CC[C@@H](Cc2ccc(Br)cc2)C1. The van der Waals surface area contributed by atoms with E-state index in [9.17, 15) is 9.59 Å². The maximum Gasteiger partial charge on any atom is 0.243 e. The summed E-state index contributed by atoms with van der Waals surface area (Å²) in [7, 11) is 0. The summed E-state index contributed by atoms with van der Waals surface area (Å²) in [6.07, 6.45) is 5.51. The van der Waals surface area contributed by atoms with Gasteiger partial charge in [0.15, 0.2) is 0 Å². The van der Waals surface area contributed by atoms with Crippen LogP contribution in [0.4, 0.5) is 5.82 Å². The molecule has 6 nitrogen and oxygen atoms in total. The van der Waals surface area contributed by atoms with Crippen molar-refractivity contribution in [1.29, 1.82) is 0 Å². The maximum atomic E-state index is 13.3. The number of carbonyl (C=O) groups excluding carboxylic acids is 2. The lowest BCUT2D eigenvalue weighted by Gasteiger charge is -2.27. The molecule has 2 heterocycles. The summed E-state index contributed by atoms with van der Waals surface area (Å²) < 4.78 is 1.09. The van der Waals surface area contributed by atoms with Crippen LogP contribution in [-0.2, 0) is 22.6 Å². The minimum absolute atomic E-state index is 0.0346. The summed E-state index contributed by atoms with van der Waals surface area (Å²) >= 11 is 3.48. The van der Waals surface area contributed by atoms with Gasteiger partial charge in [-0.1, -0.05) is 34.1 Å². The molecule has 2 aliphatic rings. The highest BCUT2D eigenvalue weighted by Gasteiger charge is 2.39. The first kappa shape index (κ1) is 22.8. The lowest BCUT2D eigenvalue weighted by molar-refractivity contribution is -0.141. The summed E-state index contributed by atoms with van der Waals surface area (Å²) in [4.78, 5) is 32.3. The van der Waals surface area contributed by atoms with E-state index in [4.69, 9.17) is 5.73 Å². The molecule has 2 amide bonds. The van der Waals surface area contributed by atoms with Crippen molar-refractivity contribution < 1.29 is 9.59 Å². The minimum atomic E-state index is -0.366. The van der Waals surface area contributed by atoms with Crippen LogP contribution in [0.3, 0.4) is 0 Å². The van der Waals surface area contributed by atoms with E-state index in [-0.39, 0.29) is 23.8 Å². The third kappa shape index (κ3) is 5.31. The molecule has 0 spiro atoms. The van der Waals surface area contributed by atoms with E-state index < -0.39 is 0 Å². The Labute approximate surface area is 198 Å². The zero-order chi connectivity index (χ0) is 22.7. The second-order valence-corrected chi connectivity index (χ2v) is 10.0. The quantitative estimate of drug-likeness (QED) is 0.629. The van der Waals surface area contributed by atoms with Crippen LogP contribution >= 0.6 is 15.9 Å². The average Bonchev–Trinajstić information content (AvgIpc) is 3.44. The topological polar surface area (TPSA) is 88.3 Å². The number of anilines is 1. The number of amides is 2. The van der Waals surface area contributed by atoms with Gasteiger partial charge in [0.2, 0.25) is 11.8 Å². The first-order valence-electron chi connectivity index (χ1n) is 11.5. The summed E-state index contributed by atoms with van der Waals surface area (Å²) in [5, 5.41) is 3.01. The number of aromatic nitrogens is 1. The van der Waals surface area contributed by atoms with Gasteiger partial charge in [-0.05, 0) is 80.7 Å². The number of benzene rings is 1. The lowest BCUT2D eigenvalue weighted by atomic mass is 9.96. The standard InChI is InChI=1S/C25H31BrN4O2/c1-16-20(8-11-23(27)29-16)15-28-24(31)22-3-2-12-30(22)25(32)19-7-4-18(14-19)13-17-5-9-21(26)10-6-17/h5-6,8-11,18-19,22H,2-4,7,12-15H2,1H3,(H2,27,29)(H,28,31)/t18-,19+,22-/m0/s1. The van der Waals surface area contributed by atoms with E-state index >= 15 is 0 Å². The molecule has 2 aromatic rings. The number of aryl methyl sites for hydroxylation is 1. The number of hydrogen-bond acceptors (Lipinski definition) is 4. The summed E-state index contributed by atoms with van der Waals surface area (Å²) in [6.45, 7) is 2.95. The molecule has 1 saturated heterocycles. The highest BCUT2D eigenvalue weighted by Crippen LogP contribution is 2.36. The van der Waals surface area contributed by atoms with Crippen LogP contribution < -0.4 is 11.1 Å². The monoisotopic (exact) mass is 498 g/mol. The van der Waals surface area contributed by atoms with Crippen LogP contribution in [0.2, 0.25) is 0 Å². The highest BCUT2D eigenvalue weighted by molar-refractivity contribution is 9.10. The fraction of sp³-hybridized carbons (Fsp3) is 0.480. The zero-order valence-corrected chi connectivity index (χ0v) is 20.1. The molecule has 3 atom stereocenters. The van der Waals surface area contributed by atoms with Gasteiger partial charge in [0, 0.05) is 29.2 Å². The van der Waals surface area contributed by atoms with Crippen LogP contribution in [0.15, 0.2) is 40.9 Å². The molecule has 2 fully saturated rings. The Balaban J connectivity index is 1.31. The van der Waals surface area contributed by atoms with Gasteiger partial charge in [0.05, 0.1) is 0 Å². The summed E-state index contributed by atoms with van der Waals surface area (Å²) in [5.41, 5.74) is 8.78. The van der Waals surface area contributed by atoms with E-state index in [1.54, 1.807) is 6.07 Å². The second-order valence-electron chi connectivity index (χ2n) is 9.09. The summed E-state index contributed by atoms with van der Waals surface area (Å²) in [6, 6.07) is 11.7. The number of hydrogen-bond donors (Lipinski definition) is 2. The Morgan fingerprint density at radius 3 is 2.69 bits per heavy atom. The number of pyridine rings is 1. The van der Waals surface area contributed by atoms with Crippen molar-refractivity contribution in [3.63, 3.8) is 0 Å². The Kier molecular flexibility index (Phi) is 7.13. The first-order chi connectivity index (χ1) is 15.4. The van der Waals surface area contributed by atoms with Gasteiger partial charge in [-0.3, -0.25) is 9.59 Å². The molecule has 1 aromatic carbocycles. The second kappa shape index (κ2) is 10.0. The van der Waals surface area contributed by atoms with Gasteiger partial charge in [-0.15, -0.1) is 0 Å². The van der Waals surface area contributed by atoms with Gasteiger partial charge in [0.1, 0.15) is 11.9 Å². The molecule has 1 aliphatic heterocycles. The maximum absolute atomic E-state index is 13.3. The third-order valence-electron chi connectivity index (χ3n) is 6.84. The smallest absolute Gasteiger partial charge is 0.243 e. The zero-order valence-electron chi connectivity index (χ0n) is 18.5. The number of likely N-dealkylation sites (tertiary alicyclic amines) is 1. The van der Waals surface area contributed by atoms with E-state index in [1.807, 2.05) is 17.9 Å². The average molecular weight is 499 g/mol. The molecule has 1 saturated carbocycles. The fourth-order valence-corrected chi connectivity index (χ4v) is 5.34. The molecule has 3 N–H and O–H groups in total. The Bertz CT molecular complexity index is 978. The molecular formula is C25H31BrN4O2. The van der Waals surface area contributed by atoms with Crippen LogP contribution in [0.5, 0.6) is 0 Å². The van der Waals surface area contributed by atoms with Crippen molar-refractivity contribution in [2.45, 2.75) is 58.0 Å². The van der Waals surface area contributed by atoms with Crippen molar-refractivity contribution in [2.24, 2.45) is 11.8 Å². The van der Waals surface area contributed by atoms with Crippen LogP contribution in [0, 0.1) is 18.8 Å². The third-order valence-corrected chi connectivity index (χ3v) is 7.37. The van der Waals surface area contributed by atoms with Crippen LogP contribution in [-0.4, -0.2) is 34.3 Å². The predicted octanol–water partition coefficient (Wildman–Crippen LogP) is 4.00. The van der Waals surface area contributed by atoms with Crippen molar-refractivity contribution in [1.82, 2.24) is 15.2 Å². The van der Waals surface area contributed by atoms with E-state index in [0.29, 0.717) is 24.8 Å². The molecule has 0 radical (unpaired) electrons. The van der Waals surface area contributed by atoms with Crippen molar-refractivity contribution in [3.8, 4) is 0 Å². The number of nitrogen functional groups attached to an aromatic ring is 1. The van der Waals surface area contributed by atoms with Gasteiger partial charge in [-0.2, -0.15) is 0 Å². The molecule has 7 heteroatoms. The van der Waals surface area contributed by atoms with Crippen LogP contribution in [0.1, 0.15) is 48.9 Å². The van der Waals surface area contributed by atoms with E-state index in [1.165, 1.54) is 5.56 Å². The molecule has 0 unspecified atom stereocenters. The molecule has 4 rings (SSSR count). The largest absolute Gasteiger partial charge is 0.384 e. The molecule has 32 heavy (non-hydrogen) atoms. The number of nitrogens with one attached hydrogen (secondary N) is 1.